The maximum atomic E-state index is 5.77. The third-order valence-electron chi connectivity index (χ3n) is 4.53. The van der Waals surface area contributed by atoms with Crippen molar-refractivity contribution in [3.63, 3.8) is 0 Å². The number of rotatable bonds is 4. The Hall–Kier alpha value is -1.16. The van der Waals surface area contributed by atoms with Gasteiger partial charge in [-0.05, 0) is 63.0 Å². The van der Waals surface area contributed by atoms with Gasteiger partial charge in [0.25, 0.3) is 0 Å². The molecule has 1 aromatic heterocycles. The predicted octanol–water partition coefficient (Wildman–Crippen LogP) is 3.67. The highest BCUT2D eigenvalue weighted by Gasteiger charge is 2.21. The van der Waals surface area contributed by atoms with Crippen molar-refractivity contribution in [3.8, 4) is 0 Å². The Morgan fingerprint density at radius 1 is 1.23 bits per heavy atom. The lowest BCUT2D eigenvalue weighted by Gasteiger charge is -2.35. The van der Waals surface area contributed by atoms with Crippen LogP contribution in [0.5, 0.6) is 0 Å². The molecular formula is C18H26ClN3. The molecule has 1 atom stereocenters. The fraction of sp³-hybridized carbons (Fsp3) is 0.500. The number of likely N-dealkylation sites (tertiary alicyclic amines) is 1. The third-order valence-corrected chi connectivity index (χ3v) is 4.53. The van der Waals surface area contributed by atoms with Crippen LogP contribution in [0.2, 0.25) is 0 Å². The molecule has 0 saturated carbocycles. The number of halogens is 1. The fourth-order valence-electron chi connectivity index (χ4n) is 3.40. The number of benzene rings is 1. The molecule has 3 rings (SSSR count). The van der Waals surface area contributed by atoms with Crippen molar-refractivity contribution in [3.05, 3.63) is 41.6 Å². The van der Waals surface area contributed by atoms with E-state index in [1.807, 2.05) is 6.92 Å². The van der Waals surface area contributed by atoms with Crippen molar-refractivity contribution in [2.75, 3.05) is 13.1 Å². The molecule has 120 valence electrons. The highest BCUT2D eigenvalue weighted by Crippen LogP contribution is 2.23. The zero-order valence-corrected chi connectivity index (χ0v) is 14.1. The van der Waals surface area contributed by atoms with Crippen LogP contribution in [-0.2, 0) is 6.54 Å². The Kier molecular flexibility index (Phi) is 6.18. The topological polar surface area (TPSA) is 42.1 Å². The smallest absolute Gasteiger partial charge is 0.0705 e. The van der Waals surface area contributed by atoms with Crippen LogP contribution in [0, 0.1) is 6.92 Å². The number of aryl methyl sites for hydroxylation is 1. The SMILES string of the molecule is Cc1ccc2cc(CN3CCCCC3CCN)ccc2n1.Cl. The first kappa shape index (κ1) is 17.2. The van der Waals surface area contributed by atoms with Gasteiger partial charge in [0.05, 0.1) is 5.52 Å². The summed E-state index contributed by atoms with van der Waals surface area (Å²) in [5, 5.41) is 1.24. The number of hydrogen-bond acceptors (Lipinski definition) is 3. The lowest BCUT2D eigenvalue weighted by molar-refractivity contribution is 0.134. The molecule has 4 heteroatoms. The number of nitrogens with two attached hydrogens (primary N) is 1. The van der Waals surface area contributed by atoms with Crippen molar-refractivity contribution < 1.29 is 0 Å². The molecule has 0 spiro atoms. The standard InChI is InChI=1S/C18H25N3.ClH/c1-14-5-7-16-12-15(6-8-18(16)20-14)13-21-11-3-2-4-17(21)9-10-19;/h5-8,12,17H,2-4,9-11,13,19H2,1H3;1H. The van der Waals surface area contributed by atoms with Crippen LogP contribution in [0.15, 0.2) is 30.3 Å². The van der Waals surface area contributed by atoms with Gasteiger partial charge in [0, 0.05) is 23.7 Å². The van der Waals surface area contributed by atoms with Crippen molar-refractivity contribution in [2.45, 2.75) is 45.2 Å². The van der Waals surface area contributed by atoms with E-state index in [4.69, 9.17) is 5.73 Å². The zero-order chi connectivity index (χ0) is 14.7. The van der Waals surface area contributed by atoms with Crippen LogP contribution >= 0.6 is 12.4 Å². The molecule has 0 radical (unpaired) electrons. The molecule has 2 aromatic rings. The minimum atomic E-state index is 0. The first-order valence-corrected chi connectivity index (χ1v) is 8.06. The molecule has 2 heterocycles. The maximum absolute atomic E-state index is 5.77. The van der Waals surface area contributed by atoms with Gasteiger partial charge in [0.2, 0.25) is 0 Å². The molecule has 0 amide bonds. The van der Waals surface area contributed by atoms with Gasteiger partial charge >= 0.3 is 0 Å². The van der Waals surface area contributed by atoms with E-state index in [9.17, 15) is 0 Å². The average molecular weight is 320 g/mol. The van der Waals surface area contributed by atoms with Crippen LogP contribution in [0.25, 0.3) is 10.9 Å². The normalized spacial score (nSPS) is 19.1. The van der Waals surface area contributed by atoms with E-state index in [0.717, 1.165) is 30.7 Å². The van der Waals surface area contributed by atoms with Crippen LogP contribution in [0.3, 0.4) is 0 Å². The number of fused-ring (bicyclic) bond motifs is 1. The number of aromatic nitrogens is 1. The molecule has 1 unspecified atom stereocenters. The van der Waals surface area contributed by atoms with Gasteiger partial charge in [-0.25, -0.2) is 0 Å². The monoisotopic (exact) mass is 319 g/mol. The molecule has 22 heavy (non-hydrogen) atoms. The first-order chi connectivity index (χ1) is 10.3. The maximum Gasteiger partial charge on any atom is 0.0705 e. The Balaban J connectivity index is 0.00000176. The summed E-state index contributed by atoms with van der Waals surface area (Å²) >= 11 is 0. The summed E-state index contributed by atoms with van der Waals surface area (Å²) in [5.74, 6) is 0. The quantitative estimate of drug-likeness (QED) is 0.935. The van der Waals surface area contributed by atoms with Crippen LogP contribution in [0.1, 0.15) is 36.9 Å². The minimum Gasteiger partial charge on any atom is -0.330 e. The Morgan fingerprint density at radius 3 is 2.91 bits per heavy atom. The van der Waals surface area contributed by atoms with E-state index in [2.05, 4.69) is 40.2 Å². The lowest BCUT2D eigenvalue weighted by atomic mass is 9.98. The second-order valence-electron chi connectivity index (χ2n) is 6.18. The largest absolute Gasteiger partial charge is 0.330 e. The molecule has 1 aromatic carbocycles. The van der Waals surface area contributed by atoms with Gasteiger partial charge in [-0.1, -0.05) is 18.6 Å². The van der Waals surface area contributed by atoms with Gasteiger partial charge in [0.1, 0.15) is 0 Å². The first-order valence-electron chi connectivity index (χ1n) is 8.06. The van der Waals surface area contributed by atoms with Gasteiger partial charge < -0.3 is 5.73 Å². The summed E-state index contributed by atoms with van der Waals surface area (Å²) in [6.45, 7) is 5.07. The van der Waals surface area contributed by atoms with Gasteiger partial charge in [-0.2, -0.15) is 0 Å². The van der Waals surface area contributed by atoms with E-state index in [-0.39, 0.29) is 12.4 Å². The third kappa shape index (κ3) is 3.97. The lowest BCUT2D eigenvalue weighted by Crippen LogP contribution is -2.40. The number of pyridine rings is 1. The summed E-state index contributed by atoms with van der Waals surface area (Å²) < 4.78 is 0. The van der Waals surface area contributed by atoms with E-state index in [1.165, 1.54) is 36.8 Å². The number of hydrogen-bond donors (Lipinski definition) is 1. The van der Waals surface area contributed by atoms with Gasteiger partial charge in [0.15, 0.2) is 0 Å². The molecule has 1 aliphatic heterocycles. The Labute approximate surface area is 139 Å². The number of nitrogens with zero attached hydrogens (tertiary/aromatic N) is 2. The summed E-state index contributed by atoms with van der Waals surface area (Å²) in [6, 6.07) is 11.6. The molecular weight excluding hydrogens is 294 g/mol. The second kappa shape index (κ2) is 7.91. The van der Waals surface area contributed by atoms with Crippen LogP contribution in [0.4, 0.5) is 0 Å². The van der Waals surface area contributed by atoms with Crippen molar-refractivity contribution in [1.82, 2.24) is 9.88 Å². The Morgan fingerprint density at radius 2 is 2.09 bits per heavy atom. The summed E-state index contributed by atoms with van der Waals surface area (Å²) in [7, 11) is 0. The fourth-order valence-corrected chi connectivity index (χ4v) is 3.40. The molecule has 2 N–H and O–H groups in total. The van der Waals surface area contributed by atoms with Crippen molar-refractivity contribution >= 4 is 23.3 Å². The summed E-state index contributed by atoms with van der Waals surface area (Å²) in [5.41, 5.74) is 9.33. The van der Waals surface area contributed by atoms with Crippen LogP contribution < -0.4 is 5.73 Å². The van der Waals surface area contributed by atoms with Gasteiger partial charge in [-0.3, -0.25) is 9.88 Å². The van der Waals surface area contributed by atoms with Crippen molar-refractivity contribution in [1.29, 1.82) is 0 Å². The van der Waals surface area contributed by atoms with E-state index in [0.29, 0.717) is 6.04 Å². The second-order valence-corrected chi connectivity index (χ2v) is 6.18. The average Bonchev–Trinajstić information content (AvgIpc) is 2.50. The summed E-state index contributed by atoms with van der Waals surface area (Å²) in [4.78, 5) is 7.19. The summed E-state index contributed by atoms with van der Waals surface area (Å²) in [6.07, 6.45) is 5.08. The predicted molar refractivity (Wildman–Crippen MR) is 95.4 cm³/mol. The highest BCUT2D eigenvalue weighted by molar-refractivity contribution is 5.85. The molecule has 1 saturated heterocycles. The van der Waals surface area contributed by atoms with E-state index < -0.39 is 0 Å². The molecule has 3 nitrogen and oxygen atoms in total. The molecule has 0 aliphatic carbocycles. The van der Waals surface area contributed by atoms with Crippen molar-refractivity contribution in [2.24, 2.45) is 5.73 Å². The van der Waals surface area contributed by atoms with E-state index >= 15 is 0 Å². The highest BCUT2D eigenvalue weighted by atomic mass is 35.5. The molecule has 1 aliphatic rings. The minimum absolute atomic E-state index is 0. The van der Waals surface area contributed by atoms with Gasteiger partial charge in [-0.15, -0.1) is 12.4 Å². The zero-order valence-electron chi connectivity index (χ0n) is 13.3. The van der Waals surface area contributed by atoms with Crippen LogP contribution in [-0.4, -0.2) is 29.0 Å². The van der Waals surface area contributed by atoms with E-state index in [1.54, 1.807) is 0 Å². The molecule has 1 fully saturated rings. The Bertz CT molecular complexity index is 612. The molecule has 0 bridgehead atoms. The number of piperidine rings is 1.